The van der Waals surface area contributed by atoms with Crippen molar-refractivity contribution in [3.63, 3.8) is 0 Å². The van der Waals surface area contributed by atoms with Crippen molar-refractivity contribution in [2.45, 2.75) is 4.90 Å². The predicted molar refractivity (Wildman–Crippen MR) is 109 cm³/mol. The first-order chi connectivity index (χ1) is 13.8. The first-order valence-corrected chi connectivity index (χ1v) is 10.9. The van der Waals surface area contributed by atoms with E-state index in [9.17, 15) is 22.7 Å². The number of hydrogen-bond acceptors (Lipinski definition) is 6. The van der Waals surface area contributed by atoms with E-state index in [1.54, 1.807) is 17.5 Å². The van der Waals surface area contributed by atoms with Crippen molar-refractivity contribution in [1.29, 1.82) is 0 Å². The molecule has 150 valence electrons. The standard InChI is InChI=1S/C19H15FN2O5S2/c20-12-9-10(1-4-15(12)29(26,27)21-6-7-23)16-14(24)3-2-13-17(16)11-5-8-28-18(11)19(25)22-13/h1-5,8-9,21,23-24H,6-7H2,(H,22,25). The Kier molecular flexibility index (Phi) is 4.87. The highest BCUT2D eigenvalue weighted by molar-refractivity contribution is 7.89. The van der Waals surface area contributed by atoms with Crippen LogP contribution in [0.25, 0.3) is 32.1 Å². The Morgan fingerprint density at radius 2 is 1.97 bits per heavy atom. The molecule has 0 amide bonds. The van der Waals surface area contributed by atoms with Gasteiger partial charge in [0, 0.05) is 28.4 Å². The number of aliphatic hydroxyl groups is 1. The monoisotopic (exact) mass is 434 g/mol. The van der Waals surface area contributed by atoms with E-state index in [1.807, 2.05) is 0 Å². The van der Waals surface area contributed by atoms with Crippen molar-refractivity contribution >= 4 is 42.3 Å². The highest BCUT2D eigenvalue weighted by Gasteiger charge is 2.21. The SMILES string of the molecule is O=c1[nH]c2ccc(O)c(-c3ccc(S(=O)(=O)NCCO)c(F)c3)c2c2ccsc12. The molecule has 0 fully saturated rings. The quantitative estimate of drug-likeness (QED) is 0.385. The average molecular weight is 434 g/mol. The number of benzene rings is 2. The molecule has 2 aromatic heterocycles. The van der Waals surface area contributed by atoms with Crippen LogP contribution in [0.2, 0.25) is 0 Å². The van der Waals surface area contributed by atoms with Gasteiger partial charge in [-0.3, -0.25) is 4.79 Å². The van der Waals surface area contributed by atoms with Crippen molar-refractivity contribution in [2.24, 2.45) is 0 Å². The summed E-state index contributed by atoms with van der Waals surface area (Å²) in [6.45, 7) is -0.658. The summed E-state index contributed by atoms with van der Waals surface area (Å²) < 4.78 is 41.6. The fraction of sp³-hybridized carbons (Fsp3) is 0.105. The largest absolute Gasteiger partial charge is 0.507 e. The van der Waals surface area contributed by atoms with Gasteiger partial charge in [0.1, 0.15) is 21.2 Å². The van der Waals surface area contributed by atoms with Crippen LogP contribution < -0.4 is 10.3 Å². The normalized spacial score (nSPS) is 12.1. The molecule has 0 unspecified atom stereocenters. The molecule has 0 aliphatic carbocycles. The number of H-pyrrole nitrogens is 1. The summed E-state index contributed by atoms with van der Waals surface area (Å²) in [5.41, 5.74) is 0.747. The van der Waals surface area contributed by atoms with Gasteiger partial charge < -0.3 is 15.2 Å². The van der Waals surface area contributed by atoms with Gasteiger partial charge in [-0.25, -0.2) is 17.5 Å². The van der Waals surface area contributed by atoms with Gasteiger partial charge in [0.2, 0.25) is 10.0 Å². The third-order valence-electron chi connectivity index (χ3n) is 4.49. The number of nitrogens with one attached hydrogen (secondary N) is 2. The molecule has 4 N–H and O–H groups in total. The maximum atomic E-state index is 14.7. The predicted octanol–water partition coefficient (Wildman–Crippen LogP) is 2.53. The van der Waals surface area contributed by atoms with Gasteiger partial charge in [-0.05, 0) is 41.3 Å². The molecule has 0 spiro atoms. The lowest BCUT2D eigenvalue weighted by molar-refractivity contribution is 0.301. The number of phenolic OH excluding ortho intramolecular Hbond substituents is 1. The zero-order valence-electron chi connectivity index (χ0n) is 14.8. The van der Waals surface area contributed by atoms with Gasteiger partial charge in [0.25, 0.3) is 5.56 Å². The number of aromatic amines is 1. The molecule has 0 saturated carbocycles. The topological polar surface area (TPSA) is 119 Å². The summed E-state index contributed by atoms with van der Waals surface area (Å²) in [4.78, 5) is 14.4. The van der Waals surface area contributed by atoms with Crippen molar-refractivity contribution in [2.75, 3.05) is 13.2 Å². The van der Waals surface area contributed by atoms with Gasteiger partial charge in [0.15, 0.2) is 0 Å². The lowest BCUT2D eigenvalue weighted by Crippen LogP contribution is -2.27. The molecule has 7 nitrogen and oxygen atoms in total. The second kappa shape index (κ2) is 7.23. The number of hydrogen-bond donors (Lipinski definition) is 4. The number of thiophene rings is 1. The maximum Gasteiger partial charge on any atom is 0.266 e. The highest BCUT2D eigenvalue weighted by Crippen LogP contribution is 2.40. The molecule has 0 atom stereocenters. The van der Waals surface area contributed by atoms with Crippen LogP contribution in [0.5, 0.6) is 5.75 Å². The molecule has 2 aromatic carbocycles. The lowest BCUT2D eigenvalue weighted by Gasteiger charge is -2.12. The number of aliphatic hydroxyl groups excluding tert-OH is 1. The van der Waals surface area contributed by atoms with Crippen molar-refractivity contribution in [3.05, 3.63) is 57.9 Å². The smallest absolute Gasteiger partial charge is 0.266 e. The maximum absolute atomic E-state index is 14.7. The molecule has 0 radical (unpaired) electrons. The third-order valence-corrected chi connectivity index (χ3v) is 6.89. The molecule has 4 aromatic rings. The van der Waals surface area contributed by atoms with E-state index in [-0.39, 0.29) is 29.0 Å². The first kappa shape index (κ1) is 19.5. The minimum Gasteiger partial charge on any atom is -0.507 e. The van der Waals surface area contributed by atoms with Crippen LogP contribution >= 0.6 is 11.3 Å². The number of aromatic hydroxyl groups is 1. The summed E-state index contributed by atoms with van der Waals surface area (Å²) in [6, 6.07) is 8.19. The molecule has 2 heterocycles. The second-order valence-electron chi connectivity index (χ2n) is 6.27. The van der Waals surface area contributed by atoms with E-state index in [4.69, 9.17) is 5.11 Å². The number of rotatable bonds is 5. The summed E-state index contributed by atoms with van der Waals surface area (Å²) in [7, 11) is -4.13. The van der Waals surface area contributed by atoms with E-state index in [0.717, 1.165) is 12.1 Å². The molecular formula is C19H15FN2O5S2. The Hall–Kier alpha value is -2.79. The van der Waals surface area contributed by atoms with Gasteiger partial charge in [-0.2, -0.15) is 0 Å². The van der Waals surface area contributed by atoms with Gasteiger partial charge >= 0.3 is 0 Å². The van der Waals surface area contributed by atoms with Crippen LogP contribution in [0.15, 0.2) is 51.5 Å². The van der Waals surface area contributed by atoms with Gasteiger partial charge in [0.05, 0.1) is 6.61 Å². The van der Waals surface area contributed by atoms with E-state index >= 15 is 0 Å². The van der Waals surface area contributed by atoms with E-state index in [1.165, 1.54) is 23.5 Å². The molecule has 0 aliphatic heterocycles. The number of fused-ring (bicyclic) bond motifs is 3. The lowest BCUT2D eigenvalue weighted by atomic mass is 9.97. The van der Waals surface area contributed by atoms with Crippen LogP contribution in [0.4, 0.5) is 4.39 Å². The highest BCUT2D eigenvalue weighted by atomic mass is 32.2. The first-order valence-electron chi connectivity index (χ1n) is 8.49. The zero-order valence-corrected chi connectivity index (χ0v) is 16.4. The van der Waals surface area contributed by atoms with Crippen molar-refractivity contribution in [3.8, 4) is 16.9 Å². The summed E-state index contributed by atoms with van der Waals surface area (Å²) in [5.74, 6) is -1.14. The minimum atomic E-state index is -4.13. The van der Waals surface area contributed by atoms with Crippen LogP contribution in [-0.4, -0.2) is 36.8 Å². The summed E-state index contributed by atoms with van der Waals surface area (Å²) >= 11 is 1.25. The number of sulfonamides is 1. The Morgan fingerprint density at radius 1 is 1.17 bits per heavy atom. The molecule has 0 aliphatic rings. The van der Waals surface area contributed by atoms with Crippen LogP contribution in [-0.2, 0) is 10.0 Å². The molecule has 10 heteroatoms. The molecule has 0 saturated heterocycles. The molecule has 0 bridgehead atoms. The third kappa shape index (κ3) is 3.29. The van der Waals surface area contributed by atoms with E-state index in [2.05, 4.69) is 9.71 Å². The Bertz CT molecular complexity index is 1410. The summed E-state index contributed by atoms with van der Waals surface area (Å²) in [6.07, 6.45) is 0. The molecule has 29 heavy (non-hydrogen) atoms. The fourth-order valence-electron chi connectivity index (χ4n) is 3.26. The zero-order chi connectivity index (χ0) is 20.8. The van der Waals surface area contributed by atoms with E-state index < -0.39 is 27.3 Å². The molecular weight excluding hydrogens is 419 g/mol. The van der Waals surface area contributed by atoms with Gasteiger partial charge in [-0.15, -0.1) is 11.3 Å². The molecule has 4 rings (SSSR count). The van der Waals surface area contributed by atoms with E-state index in [0.29, 0.717) is 21.0 Å². The van der Waals surface area contributed by atoms with Crippen LogP contribution in [0.3, 0.4) is 0 Å². The van der Waals surface area contributed by atoms with Crippen LogP contribution in [0.1, 0.15) is 0 Å². The number of pyridine rings is 1. The van der Waals surface area contributed by atoms with Crippen molar-refractivity contribution < 1.29 is 23.0 Å². The number of aromatic nitrogens is 1. The Balaban J connectivity index is 1.96. The Morgan fingerprint density at radius 3 is 2.69 bits per heavy atom. The van der Waals surface area contributed by atoms with Gasteiger partial charge in [-0.1, -0.05) is 6.07 Å². The minimum absolute atomic E-state index is 0.134. The average Bonchev–Trinajstić information content (AvgIpc) is 3.17. The summed E-state index contributed by atoms with van der Waals surface area (Å²) in [5, 5.41) is 22.2. The fourth-order valence-corrected chi connectivity index (χ4v) is 5.13. The number of halogens is 1. The van der Waals surface area contributed by atoms with Crippen molar-refractivity contribution in [1.82, 2.24) is 9.71 Å². The second-order valence-corrected chi connectivity index (χ2v) is 8.92. The number of phenols is 1. The Labute approximate surface area is 168 Å². The van der Waals surface area contributed by atoms with Crippen LogP contribution in [0, 0.1) is 5.82 Å².